The van der Waals surface area contributed by atoms with E-state index in [1.54, 1.807) is 21.6 Å². The third kappa shape index (κ3) is 6.44. The Morgan fingerprint density at radius 1 is 1.38 bits per heavy atom. The van der Waals surface area contributed by atoms with E-state index >= 15 is 0 Å². The second kappa shape index (κ2) is 5.57. The highest BCUT2D eigenvalue weighted by Gasteiger charge is 1.80. The van der Waals surface area contributed by atoms with E-state index in [0.29, 0.717) is 5.92 Å². The Hall–Kier alpha value is 0.440. The number of allylic oxidation sites excluding steroid dienone is 1. The molecule has 0 amide bonds. The smallest absolute Gasteiger partial charge is 0.00759 e. The van der Waals surface area contributed by atoms with Crippen molar-refractivity contribution in [3.05, 3.63) is 11.5 Å². The molecule has 0 saturated carbocycles. The van der Waals surface area contributed by atoms with E-state index in [2.05, 4.69) is 31.6 Å². The fourth-order valence-electron chi connectivity index (χ4n) is 0.245. The van der Waals surface area contributed by atoms with Crippen LogP contribution in [0.25, 0.3) is 0 Å². The molecular weight excluding hydrogens is 136 g/mol. The third-order valence-electron chi connectivity index (χ3n) is 0.615. The maximum Gasteiger partial charge on any atom is -0.00759 e. The lowest BCUT2D eigenvalue weighted by Gasteiger charge is -1.90. The van der Waals surface area contributed by atoms with Crippen molar-refractivity contribution in [2.75, 3.05) is 6.26 Å². The van der Waals surface area contributed by atoms with Gasteiger partial charge in [-0.05, 0) is 17.6 Å². The van der Waals surface area contributed by atoms with Crippen molar-refractivity contribution in [3.63, 3.8) is 0 Å². The summed E-state index contributed by atoms with van der Waals surface area (Å²) in [5.74, 6) is 0.689. The molecule has 0 aromatic rings. The molecule has 0 saturated heterocycles. The first-order valence-corrected chi connectivity index (χ1v) is 5.25. The second-order valence-corrected chi connectivity index (χ2v) is 4.21. The maximum atomic E-state index is 2.20. The van der Waals surface area contributed by atoms with Gasteiger partial charge < -0.3 is 0 Å². The van der Waals surface area contributed by atoms with Crippen LogP contribution in [0.1, 0.15) is 13.8 Å². The molecule has 0 radical (unpaired) electrons. The molecule has 0 aromatic carbocycles. The number of rotatable bonds is 3. The van der Waals surface area contributed by atoms with Gasteiger partial charge >= 0.3 is 0 Å². The summed E-state index contributed by atoms with van der Waals surface area (Å²) in [7, 11) is 3.55. The molecule has 8 heavy (non-hydrogen) atoms. The third-order valence-corrected chi connectivity index (χ3v) is 1.99. The van der Waals surface area contributed by atoms with E-state index in [9.17, 15) is 0 Å². The van der Waals surface area contributed by atoms with Gasteiger partial charge in [-0.3, -0.25) is 0 Å². The van der Waals surface area contributed by atoms with Gasteiger partial charge in [0.2, 0.25) is 0 Å². The minimum Gasteiger partial charge on any atom is -0.0930 e. The quantitative estimate of drug-likeness (QED) is 0.564. The van der Waals surface area contributed by atoms with Crippen LogP contribution in [0.3, 0.4) is 0 Å². The first kappa shape index (κ1) is 8.44. The van der Waals surface area contributed by atoms with Crippen LogP contribution in [0.4, 0.5) is 0 Å². The molecule has 0 aliphatic rings. The average molecular weight is 148 g/mol. The normalized spacial score (nSPS) is 11.5. The number of hydrogen-bond donors (Lipinski definition) is 0. The molecule has 0 nitrogen and oxygen atoms in total. The minimum absolute atomic E-state index is 0.689. The fourth-order valence-corrected chi connectivity index (χ4v) is 1.26. The van der Waals surface area contributed by atoms with Gasteiger partial charge in [0.25, 0.3) is 0 Å². The van der Waals surface area contributed by atoms with Crippen LogP contribution in [0.15, 0.2) is 11.5 Å². The van der Waals surface area contributed by atoms with Crippen LogP contribution < -0.4 is 0 Å². The van der Waals surface area contributed by atoms with Crippen molar-refractivity contribution in [2.24, 2.45) is 5.92 Å². The predicted octanol–water partition coefficient (Wildman–Crippen LogP) is 3.17. The minimum atomic E-state index is 0.689. The van der Waals surface area contributed by atoms with E-state index in [1.165, 1.54) is 0 Å². The summed E-state index contributed by atoms with van der Waals surface area (Å²) in [4.78, 5) is 0. The van der Waals surface area contributed by atoms with Crippen LogP contribution in [-0.4, -0.2) is 6.26 Å². The Bertz CT molecular complexity index is 66.9. The summed E-state index contributed by atoms with van der Waals surface area (Å²) < 4.78 is 0. The first-order valence-electron chi connectivity index (χ1n) is 2.63. The van der Waals surface area contributed by atoms with Gasteiger partial charge in [-0.15, -0.1) is 0 Å². The zero-order chi connectivity index (χ0) is 6.41. The zero-order valence-electron chi connectivity index (χ0n) is 5.55. The predicted molar refractivity (Wildman–Crippen MR) is 45.1 cm³/mol. The van der Waals surface area contributed by atoms with Crippen LogP contribution in [0.2, 0.25) is 0 Å². The second-order valence-electron chi connectivity index (χ2n) is 1.84. The molecular formula is C6H12S2. The Morgan fingerprint density at radius 3 is 2.38 bits per heavy atom. The van der Waals surface area contributed by atoms with E-state index in [1.807, 2.05) is 0 Å². The zero-order valence-corrected chi connectivity index (χ0v) is 7.18. The van der Waals surface area contributed by atoms with Gasteiger partial charge in [0.1, 0.15) is 0 Å². The van der Waals surface area contributed by atoms with Crippen LogP contribution in [-0.2, 0) is 0 Å². The monoisotopic (exact) mass is 148 g/mol. The van der Waals surface area contributed by atoms with Crippen molar-refractivity contribution in [1.29, 1.82) is 0 Å². The molecule has 0 spiro atoms. The molecule has 0 N–H and O–H groups in total. The van der Waals surface area contributed by atoms with Crippen molar-refractivity contribution in [3.8, 4) is 0 Å². The first-order chi connectivity index (χ1) is 3.77. The molecule has 0 unspecified atom stereocenters. The van der Waals surface area contributed by atoms with Crippen LogP contribution >= 0.6 is 21.6 Å². The van der Waals surface area contributed by atoms with Gasteiger partial charge in [0.15, 0.2) is 0 Å². The Morgan fingerprint density at radius 2 is 2.00 bits per heavy atom. The molecule has 0 fully saturated rings. The molecule has 0 aliphatic heterocycles. The molecule has 0 aromatic heterocycles. The molecule has 2 heteroatoms. The SMILES string of the molecule is CSS/C=C/C(C)C. The highest BCUT2D eigenvalue weighted by molar-refractivity contribution is 8.77. The van der Waals surface area contributed by atoms with Gasteiger partial charge in [-0.25, -0.2) is 0 Å². The number of hydrogen-bond acceptors (Lipinski definition) is 2. The maximum absolute atomic E-state index is 2.20. The summed E-state index contributed by atoms with van der Waals surface area (Å²) >= 11 is 0. The Balaban J connectivity index is 3.07. The van der Waals surface area contributed by atoms with Crippen LogP contribution in [0.5, 0.6) is 0 Å². The fraction of sp³-hybridized carbons (Fsp3) is 0.667. The molecule has 48 valence electrons. The Labute approximate surface area is 59.5 Å². The molecule has 0 bridgehead atoms. The standard InChI is InChI=1S/C6H12S2/c1-6(2)4-5-8-7-3/h4-6H,1-3H3/b5-4+. The molecule has 0 aliphatic carbocycles. The van der Waals surface area contributed by atoms with E-state index < -0.39 is 0 Å². The lowest BCUT2D eigenvalue weighted by molar-refractivity contribution is 0.834. The van der Waals surface area contributed by atoms with Crippen molar-refractivity contribution < 1.29 is 0 Å². The molecule has 0 heterocycles. The van der Waals surface area contributed by atoms with Gasteiger partial charge in [-0.2, -0.15) is 0 Å². The average Bonchev–Trinajstić information content (AvgIpc) is 1.66. The van der Waals surface area contributed by atoms with Gasteiger partial charge in [0, 0.05) is 0 Å². The van der Waals surface area contributed by atoms with Gasteiger partial charge in [-0.1, -0.05) is 41.5 Å². The Kier molecular flexibility index (Phi) is 5.88. The van der Waals surface area contributed by atoms with Crippen molar-refractivity contribution in [2.45, 2.75) is 13.8 Å². The van der Waals surface area contributed by atoms with Crippen LogP contribution in [0, 0.1) is 5.92 Å². The summed E-state index contributed by atoms with van der Waals surface area (Å²) in [6, 6.07) is 0. The lowest BCUT2D eigenvalue weighted by atomic mass is 10.2. The van der Waals surface area contributed by atoms with Crippen molar-refractivity contribution in [1.82, 2.24) is 0 Å². The highest BCUT2D eigenvalue weighted by Crippen LogP contribution is 2.18. The summed E-state index contributed by atoms with van der Waals surface area (Å²) in [5, 5.41) is 2.13. The van der Waals surface area contributed by atoms with E-state index in [0.717, 1.165) is 0 Å². The summed E-state index contributed by atoms with van der Waals surface area (Å²) in [6.07, 6.45) is 4.27. The molecule has 0 rings (SSSR count). The van der Waals surface area contributed by atoms with Gasteiger partial charge in [0.05, 0.1) is 0 Å². The lowest BCUT2D eigenvalue weighted by Crippen LogP contribution is -1.73. The largest absolute Gasteiger partial charge is 0.0930 e. The summed E-state index contributed by atoms with van der Waals surface area (Å²) in [5.41, 5.74) is 0. The highest BCUT2D eigenvalue weighted by atomic mass is 33.1. The summed E-state index contributed by atoms with van der Waals surface area (Å²) in [6.45, 7) is 4.36. The topological polar surface area (TPSA) is 0 Å². The molecule has 0 atom stereocenters. The van der Waals surface area contributed by atoms with E-state index in [-0.39, 0.29) is 0 Å². The van der Waals surface area contributed by atoms with Crippen molar-refractivity contribution >= 4 is 21.6 Å². The van der Waals surface area contributed by atoms with E-state index in [4.69, 9.17) is 0 Å².